The summed E-state index contributed by atoms with van der Waals surface area (Å²) in [6, 6.07) is 16.6. The Labute approximate surface area is 184 Å². The molecule has 0 unspecified atom stereocenters. The molecular weight excluding hydrogens is 390 g/mol. The van der Waals surface area contributed by atoms with Crippen molar-refractivity contribution in [2.75, 3.05) is 33.9 Å². The highest BCUT2D eigenvalue weighted by atomic mass is 16.5. The molecule has 0 aliphatic heterocycles. The molecule has 0 aliphatic carbocycles. The number of hydrogen-bond donors (Lipinski definition) is 2. The summed E-state index contributed by atoms with van der Waals surface area (Å²) in [5.74, 6) is 1.63. The number of benzene rings is 2. The van der Waals surface area contributed by atoms with Crippen LogP contribution in [-0.2, 0) is 17.7 Å². The maximum Gasteiger partial charge on any atom is 0.191 e. The summed E-state index contributed by atoms with van der Waals surface area (Å²) >= 11 is 0. The fourth-order valence-corrected chi connectivity index (χ4v) is 3.14. The third-order valence-corrected chi connectivity index (χ3v) is 4.85. The van der Waals surface area contributed by atoms with Gasteiger partial charge < -0.3 is 20.1 Å². The molecule has 1 heterocycles. The summed E-state index contributed by atoms with van der Waals surface area (Å²) in [5.41, 5.74) is 4.56. The van der Waals surface area contributed by atoms with Crippen LogP contribution in [0.2, 0.25) is 0 Å². The number of nitrogens with one attached hydrogen (secondary N) is 2. The Morgan fingerprint density at radius 2 is 1.94 bits per heavy atom. The molecule has 0 fully saturated rings. The molecule has 3 rings (SSSR count). The number of hydrogen-bond acceptors (Lipinski definition) is 4. The minimum Gasteiger partial charge on any atom is -0.491 e. The maximum absolute atomic E-state index is 5.87. The first-order chi connectivity index (χ1) is 15.2. The van der Waals surface area contributed by atoms with E-state index in [1.165, 1.54) is 5.56 Å². The van der Waals surface area contributed by atoms with Gasteiger partial charge in [-0.1, -0.05) is 24.3 Å². The number of rotatable bonds is 10. The lowest BCUT2D eigenvalue weighted by molar-refractivity contribution is 0.145. The van der Waals surface area contributed by atoms with Crippen molar-refractivity contribution >= 4 is 5.96 Å². The largest absolute Gasteiger partial charge is 0.491 e. The van der Waals surface area contributed by atoms with Crippen LogP contribution in [0, 0.1) is 6.92 Å². The van der Waals surface area contributed by atoms with Crippen molar-refractivity contribution in [2.24, 2.45) is 4.99 Å². The zero-order chi connectivity index (χ0) is 21.9. The molecule has 2 N–H and O–H groups in total. The molecule has 0 radical (unpaired) electrons. The third kappa shape index (κ3) is 6.86. The first-order valence-corrected chi connectivity index (χ1v) is 10.4. The number of ether oxygens (including phenoxy) is 2. The van der Waals surface area contributed by atoms with Crippen molar-refractivity contribution in [3.8, 4) is 11.4 Å². The van der Waals surface area contributed by atoms with E-state index in [1.54, 1.807) is 20.4 Å². The second-order valence-corrected chi connectivity index (χ2v) is 7.17. The maximum atomic E-state index is 5.87. The standard InChI is InChI=1S/C24H31N5O2/c1-19-5-8-21(23(17-19)31-16-15-30-3)18-27-24(25-2)26-13-11-20-6-9-22(10-7-20)29-14-4-12-28-29/h4-10,12,14,17H,11,13,15-16,18H2,1-3H3,(H2,25,26,27). The molecule has 2 aromatic carbocycles. The van der Waals surface area contributed by atoms with E-state index in [0.717, 1.165) is 41.5 Å². The van der Waals surface area contributed by atoms with Gasteiger partial charge in [-0.2, -0.15) is 5.10 Å². The Morgan fingerprint density at radius 1 is 1.10 bits per heavy atom. The van der Waals surface area contributed by atoms with Crippen LogP contribution in [0.1, 0.15) is 16.7 Å². The zero-order valence-electron chi connectivity index (χ0n) is 18.5. The van der Waals surface area contributed by atoms with Gasteiger partial charge in [0.15, 0.2) is 5.96 Å². The Hall–Kier alpha value is -3.32. The summed E-state index contributed by atoms with van der Waals surface area (Å²) in [6.07, 6.45) is 4.62. The highest BCUT2D eigenvalue weighted by molar-refractivity contribution is 5.79. The second kappa shape index (κ2) is 11.8. The fraction of sp³-hybridized carbons (Fsp3) is 0.333. The fourth-order valence-electron chi connectivity index (χ4n) is 3.14. The highest BCUT2D eigenvalue weighted by Gasteiger charge is 2.06. The lowest BCUT2D eigenvalue weighted by Crippen LogP contribution is -2.37. The van der Waals surface area contributed by atoms with Crippen LogP contribution in [-0.4, -0.2) is 49.7 Å². The Bertz CT molecular complexity index is 953. The zero-order valence-corrected chi connectivity index (χ0v) is 18.5. The third-order valence-electron chi connectivity index (χ3n) is 4.85. The van der Waals surface area contributed by atoms with Gasteiger partial charge in [-0.25, -0.2) is 4.68 Å². The lowest BCUT2D eigenvalue weighted by atomic mass is 10.1. The van der Waals surface area contributed by atoms with Gasteiger partial charge in [0.1, 0.15) is 12.4 Å². The summed E-state index contributed by atoms with van der Waals surface area (Å²) in [6.45, 7) is 4.56. The number of methoxy groups -OCH3 is 1. The lowest BCUT2D eigenvalue weighted by Gasteiger charge is -2.15. The molecular formula is C24H31N5O2. The molecule has 0 saturated carbocycles. The van der Waals surface area contributed by atoms with Crippen molar-refractivity contribution in [3.05, 3.63) is 77.6 Å². The van der Waals surface area contributed by atoms with Crippen molar-refractivity contribution in [1.29, 1.82) is 0 Å². The van der Waals surface area contributed by atoms with E-state index >= 15 is 0 Å². The van der Waals surface area contributed by atoms with Crippen LogP contribution in [0.4, 0.5) is 0 Å². The average Bonchev–Trinajstić information content (AvgIpc) is 3.33. The van der Waals surface area contributed by atoms with E-state index in [4.69, 9.17) is 9.47 Å². The van der Waals surface area contributed by atoms with Crippen LogP contribution >= 0.6 is 0 Å². The molecule has 0 amide bonds. The van der Waals surface area contributed by atoms with Crippen LogP contribution in [0.5, 0.6) is 5.75 Å². The summed E-state index contributed by atoms with van der Waals surface area (Å²) in [4.78, 5) is 4.33. The van der Waals surface area contributed by atoms with Gasteiger partial charge in [0, 0.05) is 45.2 Å². The number of guanidine groups is 1. The number of aromatic nitrogens is 2. The van der Waals surface area contributed by atoms with E-state index < -0.39 is 0 Å². The highest BCUT2D eigenvalue weighted by Crippen LogP contribution is 2.20. The van der Waals surface area contributed by atoms with E-state index in [1.807, 2.05) is 16.9 Å². The molecule has 3 aromatic rings. The minimum atomic E-state index is 0.527. The topological polar surface area (TPSA) is 72.7 Å². The van der Waals surface area contributed by atoms with E-state index in [9.17, 15) is 0 Å². The van der Waals surface area contributed by atoms with Crippen molar-refractivity contribution in [1.82, 2.24) is 20.4 Å². The predicted molar refractivity (Wildman–Crippen MR) is 124 cm³/mol. The van der Waals surface area contributed by atoms with Gasteiger partial charge in [-0.15, -0.1) is 0 Å². The first-order valence-electron chi connectivity index (χ1n) is 10.4. The Kier molecular flexibility index (Phi) is 8.48. The number of nitrogens with zero attached hydrogens (tertiary/aromatic N) is 3. The van der Waals surface area contributed by atoms with Gasteiger partial charge >= 0.3 is 0 Å². The molecule has 1 aromatic heterocycles. The molecule has 0 bridgehead atoms. The molecule has 164 valence electrons. The number of aliphatic imine (C=N–C) groups is 1. The van der Waals surface area contributed by atoms with Gasteiger partial charge in [0.25, 0.3) is 0 Å². The van der Waals surface area contributed by atoms with Crippen molar-refractivity contribution < 1.29 is 9.47 Å². The van der Waals surface area contributed by atoms with Crippen LogP contribution < -0.4 is 15.4 Å². The van der Waals surface area contributed by atoms with Crippen molar-refractivity contribution in [2.45, 2.75) is 19.9 Å². The molecule has 7 heteroatoms. The van der Waals surface area contributed by atoms with Crippen LogP contribution in [0.25, 0.3) is 5.69 Å². The van der Waals surface area contributed by atoms with E-state index in [2.05, 4.69) is 70.1 Å². The summed E-state index contributed by atoms with van der Waals surface area (Å²) in [5, 5.41) is 11.0. The van der Waals surface area contributed by atoms with Gasteiger partial charge in [0.05, 0.1) is 12.3 Å². The quantitative estimate of drug-likeness (QED) is 0.299. The molecule has 0 saturated heterocycles. The minimum absolute atomic E-state index is 0.527. The molecule has 0 aliphatic rings. The van der Waals surface area contributed by atoms with Crippen LogP contribution in [0.15, 0.2) is 65.9 Å². The van der Waals surface area contributed by atoms with Gasteiger partial charge in [0.2, 0.25) is 0 Å². The van der Waals surface area contributed by atoms with Crippen LogP contribution in [0.3, 0.4) is 0 Å². The summed E-state index contributed by atoms with van der Waals surface area (Å²) in [7, 11) is 3.45. The Morgan fingerprint density at radius 3 is 2.65 bits per heavy atom. The monoisotopic (exact) mass is 421 g/mol. The normalized spacial score (nSPS) is 11.4. The average molecular weight is 422 g/mol. The van der Waals surface area contributed by atoms with Crippen molar-refractivity contribution in [3.63, 3.8) is 0 Å². The Balaban J connectivity index is 1.48. The van der Waals surface area contributed by atoms with Gasteiger partial charge in [-0.05, 0) is 48.7 Å². The molecule has 7 nitrogen and oxygen atoms in total. The van der Waals surface area contributed by atoms with Gasteiger partial charge in [-0.3, -0.25) is 4.99 Å². The summed E-state index contributed by atoms with van der Waals surface area (Å²) < 4.78 is 12.8. The molecule has 0 spiro atoms. The SMILES string of the molecule is CN=C(NCCc1ccc(-n2cccn2)cc1)NCc1ccc(C)cc1OCCOC. The van der Waals surface area contributed by atoms with E-state index in [0.29, 0.717) is 19.8 Å². The smallest absolute Gasteiger partial charge is 0.191 e. The van der Waals surface area contributed by atoms with E-state index in [-0.39, 0.29) is 0 Å². The molecule has 31 heavy (non-hydrogen) atoms. The number of aryl methyl sites for hydroxylation is 1. The second-order valence-electron chi connectivity index (χ2n) is 7.17. The molecule has 0 atom stereocenters. The first kappa shape index (κ1) is 22.4. The predicted octanol–water partition coefficient (Wildman–Crippen LogP) is 3.11.